The van der Waals surface area contributed by atoms with Crippen molar-refractivity contribution >= 4 is 82.7 Å². The number of hydrogen-bond acceptors (Lipinski definition) is 3. The number of anilines is 3. The second-order valence-corrected chi connectivity index (χ2v) is 14.9. The smallest absolute Gasteiger partial charge is 0.145 e. The summed E-state index contributed by atoms with van der Waals surface area (Å²) in [5, 5.41) is 6.65. The normalized spacial score (nSPS) is 11.8. The average Bonchev–Trinajstić information content (AvgIpc) is 3.97. The van der Waals surface area contributed by atoms with E-state index in [2.05, 4.69) is 210 Å². The van der Waals surface area contributed by atoms with Crippen molar-refractivity contribution in [1.29, 1.82) is 0 Å². The minimum atomic E-state index is 0.851. The Balaban J connectivity index is 1.15. The summed E-state index contributed by atoms with van der Waals surface area (Å²) in [6, 6.07) is 73.2. The fourth-order valence-corrected chi connectivity index (χ4v) is 8.94. The molecule has 12 aromatic rings. The molecular weight excluding hydrogens is 709 g/mol. The van der Waals surface area contributed by atoms with Crippen LogP contribution in [0.15, 0.2) is 215 Å². The van der Waals surface area contributed by atoms with Crippen LogP contribution < -0.4 is 4.90 Å². The Labute approximate surface area is 334 Å². The van der Waals surface area contributed by atoms with Crippen LogP contribution in [-0.4, -0.2) is 4.57 Å². The summed E-state index contributed by atoms with van der Waals surface area (Å²) >= 11 is 0. The molecule has 0 aliphatic carbocycles. The van der Waals surface area contributed by atoms with Crippen LogP contribution >= 0.6 is 0 Å². The highest BCUT2D eigenvalue weighted by Gasteiger charge is 2.24. The number of benzene rings is 9. The minimum Gasteiger partial charge on any atom is -0.456 e. The zero-order valence-corrected chi connectivity index (χ0v) is 31.3. The third-order valence-electron chi connectivity index (χ3n) is 11.6. The van der Waals surface area contributed by atoms with Crippen LogP contribution in [0.2, 0.25) is 0 Å². The summed E-state index contributed by atoms with van der Waals surface area (Å²) in [7, 11) is 0. The van der Waals surface area contributed by atoms with Crippen molar-refractivity contribution < 1.29 is 8.83 Å². The number of para-hydroxylation sites is 3. The number of hydrogen-bond donors (Lipinski definition) is 0. The van der Waals surface area contributed by atoms with Crippen molar-refractivity contribution in [2.45, 2.75) is 0 Å². The Morgan fingerprint density at radius 3 is 1.74 bits per heavy atom. The standard InChI is InChI=1S/C54H34N2O2/c1-4-14-35(15-5-1)37-24-30-51-45(32-37)46-34-40(26-31-52(46)57-51)55(39-25-28-48-44(33-39)42-20-10-12-22-47(42)56(48)38-18-8-3-9-19-38)49-29-27-41(36-16-6-2-7-17-36)54-53(49)43-21-11-13-23-50(43)58-54/h1-34H. The fraction of sp³-hybridized carbons (Fsp3) is 0. The summed E-state index contributed by atoms with van der Waals surface area (Å²) in [5.41, 5.74) is 14.5. The molecule has 0 amide bonds. The molecule has 9 aromatic carbocycles. The van der Waals surface area contributed by atoms with Gasteiger partial charge in [0.25, 0.3) is 0 Å². The average molecular weight is 743 g/mol. The first-order valence-corrected chi connectivity index (χ1v) is 19.7. The van der Waals surface area contributed by atoms with Gasteiger partial charge in [0.2, 0.25) is 0 Å². The van der Waals surface area contributed by atoms with E-state index in [0.29, 0.717) is 0 Å². The molecule has 0 aliphatic heterocycles. The van der Waals surface area contributed by atoms with Crippen LogP contribution in [0.3, 0.4) is 0 Å². The monoisotopic (exact) mass is 742 g/mol. The Hall–Kier alpha value is -7.82. The van der Waals surface area contributed by atoms with Crippen LogP contribution in [0, 0.1) is 0 Å². The van der Waals surface area contributed by atoms with Crippen molar-refractivity contribution in [3.63, 3.8) is 0 Å². The molecule has 12 rings (SSSR count). The third-order valence-corrected chi connectivity index (χ3v) is 11.6. The van der Waals surface area contributed by atoms with Crippen LogP contribution in [-0.2, 0) is 0 Å². The van der Waals surface area contributed by atoms with E-state index in [1.807, 2.05) is 6.07 Å². The highest BCUT2D eigenvalue weighted by Crippen LogP contribution is 2.48. The number of nitrogens with zero attached hydrogens (tertiary/aromatic N) is 2. The second kappa shape index (κ2) is 12.9. The molecule has 58 heavy (non-hydrogen) atoms. The Morgan fingerprint density at radius 1 is 0.362 bits per heavy atom. The first-order chi connectivity index (χ1) is 28.8. The molecule has 272 valence electrons. The van der Waals surface area contributed by atoms with Gasteiger partial charge in [0, 0.05) is 49.6 Å². The molecule has 0 N–H and O–H groups in total. The minimum absolute atomic E-state index is 0.851. The molecule has 0 saturated heterocycles. The molecular formula is C54H34N2O2. The molecule has 0 bridgehead atoms. The van der Waals surface area contributed by atoms with E-state index in [9.17, 15) is 0 Å². The highest BCUT2D eigenvalue weighted by molar-refractivity contribution is 6.18. The van der Waals surface area contributed by atoms with Gasteiger partial charge in [-0.3, -0.25) is 0 Å². The van der Waals surface area contributed by atoms with Crippen molar-refractivity contribution in [2.75, 3.05) is 4.90 Å². The van der Waals surface area contributed by atoms with Crippen molar-refractivity contribution in [1.82, 2.24) is 4.57 Å². The van der Waals surface area contributed by atoms with Gasteiger partial charge in [0.05, 0.1) is 22.1 Å². The lowest BCUT2D eigenvalue weighted by Crippen LogP contribution is -2.10. The Morgan fingerprint density at radius 2 is 0.948 bits per heavy atom. The zero-order chi connectivity index (χ0) is 38.2. The molecule has 0 saturated carbocycles. The van der Waals surface area contributed by atoms with Gasteiger partial charge >= 0.3 is 0 Å². The molecule has 3 aromatic heterocycles. The molecule has 0 spiro atoms. The first kappa shape index (κ1) is 32.4. The van der Waals surface area contributed by atoms with Crippen molar-refractivity contribution in [3.05, 3.63) is 206 Å². The fourth-order valence-electron chi connectivity index (χ4n) is 8.94. The Bertz CT molecular complexity index is 3500. The van der Waals surface area contributed by atoms with Crippen molar-refractivity contribution in [2.24, 2.45) is 0 Å². The lowest BCUT2D eigenvalue weighted by molar-refractivity contribution is 0.669. The van der Waals surface area contributed by atoms with E-state index in [-0.39, 0.29) is 0 Å². The van der Waals surface area contributed by atoms with Crippen molar-refractivity contribution in [3.8, 4) is 27.9 Å². The molecule has 0 radical (unpaired) electrons. The van der Waals surface area contributed by atoms with E-state index in [1.54, 1.807) is 0 Å². The maximum atomic E-state index is 6.81. The van der Waals surface area contributed by atoms with Gasteiger partial charge in [-0.15, -0.1) is 0 Å². The van der Waals surface area contributed by atoms with Crippen LogP contribution in [0.1, 0.15) is 0 Å². The van der Waals surface area contributed by atoms with E-state index < -0.39 is 0 Å². The number of aromatic nitrogens is 1. The van der Waals surface area contributed by atoms with Crippen LogP contribution in [0.25, 0.3) is 93.6 Å². The maximum Gasteiger partial charge on any atom is 0.145 e. The quantitative estimate of drug-likeness (QED) is 0.170. The summed E-state index contributed by atoms with van der Waals surface area (Å²) < 4.78 is 15.7. The maximum absolute atomic E-state index is 6.81. The molecule has 0 atom stereocenters. The van der Waals surface area contributed by atoms with E-state index in [0.717, 1.165) is 88.8 Å². The van der Waals surface area contributed by atoms with Gasteiger partial charge in [0.1, 0.15) is 22.3 Å². The lowest BCUT2D eigenvalue weighted by atomic mass is 9.99. The molecule has 0 fully saturated rings. The third kappa shape index (κ3) is 5.02. The molecule has 0 unspecified atom stereocenters. The molecule has 3 heterocycles. The molecule has 4 nitrogen and oxygen atoms in total. The molecule has 0 aliphatic rings. The first-order valence-electron chi connectivity index (χ1n) is 19.7. The predicted octanol–water partition coefficient (Wildman–Crippen LogP) is 15.4. The van der Waals surface area contributed by atoms with Gasteiger partial charge in [-0.2, -0.15) is 0 Å². The SMILES string of the molecule is c1ccc(-c2ccc3oc4ccc(N(c5ccc6c(c5)c5ccccc5n6-c5ccccc5)c5ccc(-c6ccccc6)c6oc7ccccc7c56)cc4c3c2)cc1. The number of furan rings is 2. The van der Waals surface area contributed by atoms with Gasteiger partial charge in [-0.1, -0.05) is 121 Å². The zero-order valence-electron chi connectivity index (χ0n) is 31.3. The van der Waals surface area contributed by atoms with E-state index in [4.69, 9.17) is 8.83 Å². The summed E-state index contributed by atoms with van der Waals surface area (Å²) in [6.07, 6.45) is 0. The molecule has 4 heteroatoms. The Kier molecular flexibility index (Phi) is 7.20. The van der Waals surface area contributed by atoms with Gasteiger partial charge in [-0.05, 0) is 102 Å². The van der Waals surface area contributed by atoms with Gasteiger partial charge in [-0.25, -0.2) is 0 Å². The second-order valence-electron chi connectivity index (χ2n) is 14.9. The van der Waals surface area contributed by atoms with Crippen LogP contribution in [0.4, 0.5) is 17.1 Å². The van der Waals surface area contributed by atoms with E-state index >= 15 is 0 Å². The largest absolute Gasteiger partial charge is 0.456 e. The summed E-state index contributed by atoms with van der Waals surface area (Å²) in [5.74, 6) is 0. The number of fused-ring (bicyclic) bond motifs is 9. The van der Waals surface area contributed by atoms with Gasteiger partial charge < -0.3 is 18.3 Å². The number of rotatable bonds is 6. The van der Waals surface area contributed by atoms with Crippen LogP contribution in [0.5, 0.6) is 0 Å². The summed E-state index contributed by atoms with van der Waals surface area (Å²) in [6.45, 7) is 0. The predicted molar refractivity (Wildman–Crippen MR) is 241 cm³/mol. The lowest BCUT2D eigenvalue weighted by Gasteiger charge is -2.27. The summed E-state index contributed by atoms with van der Waals surface area (Å²) in [4.78, 5) is 2.40. The van der Waals surface area contributed by atoms with E-state index in [1.165, 1.54) is 21.9 Å². The highest BCUT2D eigenvalue weighted by atomic mass is 16.3. The topological polar surface area (TPSA) is 34.5 Å². The van der Waals surface area contributed by atoms with Gasteiger partial charge in [0.15, 0.2) is 0 Å².